The van der Waals surface area contributed by atoms with Gasteiger partial charge >= 0.3 is 0 Å². The van der Waals surface area contributed by atoms with Gasteiger partial charge in [-0.25, -0.2) is 12.8 Å². The smallest absolute Gasteiger partial charge is 0.235 e. The van der Waals surface area contributed by atoms with Crippen LogP contribution in [0, 0.1) is 5.82 Å². The Labute approximate surface area is 118 Å². The Balaban J connectivity index is 2.85. The van der Waals surface area contributed by atoms with Crippen molar-refractivity contribution in [1.29, 1.82) is 0 Å². The number of hydrogen-bond acceptors (Lipinski definition) is 3. The van der Waals surface area contributed by atoms with Gasteiger partial charge in [0.1, 0.15) is 5.82 Å². The van der Waals surface area contributed by atoms with Gasteiger partial charge in [0.2, 0.25) is 15.9 Å². The number of rotatable bonds is 7. The average Bonchev–Trinajstić information content (AvgIpc) is 2.38. The van der Waals surface area contributed by atoms with E-state index in [0.717, 1.165) is 4.31 Å². The molecule has 1 N–H and O–H groups in total. The van der Waals surface area contributed by atoms with E-state index in [2.05, 4.69) is 5.32 Å². The molecule has 1 amide bonds. The molecule has 0 aliphatic rings. The summed E-state index contributed by atoms with van der Waals surface area (Å²) in [4.78, 5) is 11.5. The van der Waals surface area contributed by atoms with Gasteiger partial charge in [-0.1, -0.05) is 25.1 Å². The zero-order valence-corrected chi connectivity index (χ0v) is 12.4. The van der Waals surface area contributed by atoms with E-state index in [1.807, 2.05) is 0 Å². The van der Waals surface area contributed by atoms with Crippen LogP contribution >= 0.6 is 0 Å². The van der Waals surface area contributed by atoms with E-state index in [-0.39, 0.29) is 24.6 Å². The van der Waals surface area contributed by atoms with Crippen LogP contribution in [0.25, 0.3) is 0 Å². The summed E-state index contributed by atoms with van der Waals surface area (Å²) in [5.74, 6) is -1.39. The van der Waals surface area contributed by atoms with Gasteiger partial charge in [-0.2, -0.15) is 4.31 Å². The van der Waals surface area contributed by atoms with Crippen LogP contribution in [0.15, 0.2) is 24.3 Å². The summed E-state index contributed by atoms with van der Waals surface area (Å²) in [6.07, 6.45) is 0. The number of hydrogen-bond donors (Lipinski definition) is 1. The van der Waals surface area contributed by atoms with E-state index in [1.165, 1.54) is 18.2 Å². The molecule has 5 nitrogen and oxygen atoms in total. The number of carbonyl (C=O) groups is 1. The lowest BCUT2D eigenvalue weighted by Gasteiger charge is -2.20. The highest BCUT2D eigenvalue weighted by molar-refractivity contribution is 7.88. The van der Waals surface area contributed by atoms with E-state index >= 15 is 0 Å². The van der Waals surface area contributed by atoms with Gasteiger partial charge in [0, 0.05) is 18.7 Å². The molecule has 0 aliphatic carbocycles. The molecule has 112 valence electrons. The first-order valence-corrected chi connectivity index (χ1v) is 7.99. The summed E-state index contributed by atoms with van der Waals surface area (Å²) < 4.78 is 39.0. The summed E-state index contributed by atoms with van der Waals surface area (Å²) in [6, 6.07) is 5.71. The van der Waals surface area contributed by atoms with Crippen molar-refractivity contribution < 1.29 is 17.6 Å². The molecule has 0 saturated carbocycles. The zero-order valence-electron chi connectivity index (χ0n) is 11.6. The molecular formula is C13H19FN2O3S. The van der Waals surface area contributed by atoms with E-state index in [9.17, 15) is 17.6 Å². The Hall–Kier alpha value is -1.47. The molecule has 0 bridgehead atoms. The van der Waals surface area contributed by atoms with E-state index in [0.29, 0.717) is 6.54 Å². The molecule has 1 aromatic carbocycles. The van der Waals surface area contributed by atoms with Crippen LogP contribution in [0.4, 0.5) is 4.39 Å². The highest BCUT2D eigenvalue weighted by Crippen LogP contribution is 2.13. The Kier molecular flexibility index (Phi) is 6.09. The number of benzene rings is 1. The van der Waals surface area contributed by atoms with Crippen molar-refractivity contribution in [1.82, 2.24) is 9.62 Å². The number of nitrogens with one attached hydrogen (secondary N) is 1. The molecule has 0 spiro atoms. The normalized spacial score (nSPS) is 11.6. The largest absolute Gasteiger partial charge is 0.355 e. The van der Waals surface area contributed by atoms with Gasteiger partial charge in [0.05, 0.1) is 12.3 Å². The highest BCUT2D eigenvalue weighted by Gasteiger charge is 2.24. The van der Waals surface area contributed by atoms with Crippen LogP contribution in [-0.4, -0.2) is 38.3 Å². The maximum absolute atomic E-state index is 13.5. The fourth-order valence-electron chi connectivity index (χ4n) is 1.72. The molecule has 0 atom stereocenters. The maximum Gasteiger partial charge on any atom is 0.235 e. The SMILES string of the molecule is CCNC(=O)CN(CC)S(=O)(=O)Cc1ccccc1F. The molecule has 0 unspecified atom stereocenters. The summed E-state index contributed by atoms with van der Waals surface area (Å²) >= 11 is 0. The number of likely N-dealkylation sites (N-methyl/N-ethyl adjacent to an activating group) is 2. The lowest BCUT2D eigenvalue weighted by molar-refractivity contribution is -0.121. The number of nitrogens with zero attached hydrogens (tertiary/aromatic N) is 1. The van der Waals surface area contributed by atoms with Crippen molar-refractivity contribution in [2.45, 2.75) is 19.6 Å². The first-order chi connectivity index (χ1) is 9.40. The molecule has 0 aliphatic heterocycles. The summed E-state index contributed by atoms with van der Waals surface area (Å²) in [7, 11) is -3.73. The molecule has 0 heterocycles. The van der Waals surface area contributed by atoms with Crippen LogP contribution in [-0.2, 0) is 20.6 Å². The minimum absolute atomic E-state index is 0.0989. The Morgan fingerprint density at radius 1 is 1.30 bits per heavy atom. The highest BCUT2D eigenvalue weighted by atomic mass is 32.2. The van der Waals surface area contributed by atoms with Crippen molar-refractivity contribution >= 4 is 15.9 Å². The molecule has 1 rings (SSSR count). The van der Waals surface area contributed by atoms with Crippen LogP contribution < -0.4 is 5.32 Å². The predicted octanol–water partition coefficient (Wildman–Crippen LogP) is 1.11. The molecule has 0 aromatic heterocycles. The van der Waals surface area contributed by atoms with Crippen molar-refractivity contribution in [2.24, 2.45) is 0 Å². The van der Waals surface area contributed by atoms with Crippen LogP contribution in [0.2, 0.25) is 0 Å². The van der Waals surface area contributed by atoms with E-state index in [4.69, 9.17) is 0 Å². The lowest BCUT2D eigenvalue weighted by atomic mass is 10.2. The maximum atomic E-state index is 13.5. The Bertz CT molecular complexity index is 560. The van der Waals surface area contributed by atoms with Gasteiger partial charge in [-0.15, -0.1) is 0 Å². The van der Waals surface area contributed by atoms with Gasteiger partial charge in [-0.05, 0) is 13.0 Å². The van der Waals surface area contributed by atoms with Gasteiger partial charge in [0.25, 0.3) is 0 Å². The number of sulfonamides is 1. The van der Waals surface area contributed by atoms with E-state index in [1.54, 1.807) is 19.9 Å². The fraction of sp³-hybridized carbons (Fsp3) is 0.462. The first-order valence-electron chi connectivity index (χ1n) is 6.38. The molecule has 20 heavy (non-hydrogen) atoms. The van der Waals surface area contributed by atoms with Crippen LogP contribution in [0.3, 0.4) is 0 Å². The van der Waals surface area contributed by atoms with Gasteiger partial charge < -0.3 is 5.32 Å². The minimum atomic E-state index is -3.73. The molecule has 0 radical (unpaired) electrons. The van der Waals surface area contributed by atoms with Crippen molar-refractivity contribution in [3.05, 3.63) is 35.6 Å². The predicted molar refractivity (Wildman–Crippen MR) is 75.0 cm³/mol. The Morgan fingerprint density at radius 3 is 2.50 bits per heavy atom. The third kappa shape index (κ3) is 4.57. The zero-order chi connectivity index (χ0) is 15.2. The summed E-state index contributed by atoms with van der Waals surface area (Å²) in [6.45, 7) is 3.74. The third-order valence-corrected chi connectivity index (χ3v) is 4.59. The standard InChI is InChI=1S/C13H19FN2O3S/c1-3-15-13(17)9-16(4-2)20(18,19)10-11-7-5-6-8-12(11)14/h5-8H,3-4,9-10H2,1-2H3,(H,15,17). The number of amides is 1. The fourth-order valence-corrected chi connectivity index (χ4v) is 3.24. The number of halogens is 1. The molecule has 7 heteroatoms. The minimum Gasteiger partial charge on any atom is -0.355 e. The monoisotopic (exact) mass is 302 g/mol. The average molecular weight is 302 g/mol. The molecule has 1 aromatic rings. The second-order valence-electron chi connectivity index (χ2n) is 4.23. The van der Waals surface area contributed by atoms with Crippen molar-refractivity contribution in [2.75, 3.05) is 19.6 Å². The number of carbonyl (C=O) groups excluding carboxylic acids is 1. The van der Waals surface area contributed by atoms with Gasteiger partial charge in [0.15, 0.2) is 0 Å². The third-order valence-electron chi connectivity index (χ3n) is 2.74. The molecule has 0 fully saturated rings. The topological polar surface area (TPSA) is 66.5 Å². The van der Waals surface area contributed by atoms with Gasteiger partial charge in [-0.3, -0.25) is 4.79 Å². The summed E-state index contributed by atoms with van der Waals surface area (Å²) in [5, 5.41) is 2.54. The van der Waals surface area contributed by atoms with Crippen LogP contribution in [0.1, 0.15) is 19.4 Å². The summed E-state index contributed by atoms with van der Waals surface area (Å²) in [5.41, 5.74) is 0.0989. The quantitative estimate of drug-likeness (QED) is 0.820. The molecular weight excluding hydrogens is 283 g/mol. The van der Waals surface area contributed by atoms with Crippen molar-refractivity contribution in [3.63, 3.8) is 0 Å². The lowest BCUT2D eigenvalue weighted by Crippen LogP contribution is -2.41. The second kappa shape index (κ2) is 7.35. The van der Waals surface area contributed by atoms with E-state index < -0.39 is 21.6 Å². The first kappa shape index (κ1) is 16.6. The molecule has 0 saturated heterocycles. The van der Waals surface area contributed by atoms with Crippen molar-refractivity contribution in [3.8, 4) is 0 Å². The van der Waals surface area contributed by atoms with Crippen LogP contribution in [0.5, 0.6) is 0 Å². The second-order valence-corrected chi connectivity index (χ2v) is 6.20. The Morgan fingerprint density at radius 2 is 1.95 bits per heavy atom.